The lowest BCUT2D eigenvalue weighted by Gasteiger charge is -2.38. The van der Waals surface area contributed by atoms with E-state index in [1.807, 2.05) is 38.1 Å². The summed E-state index contributed by atoms with van der Waals surface area (Å²) in [5, 5.41) is 2.80. The molecular weight excluding hydrogens is 332 g/mol. The van der Waals surface area contributed by atoms with Gasteiger partial charge in [0, 0.05) is 45.8 Å². The van der Waals surface area contributed by atoms with Crippen molar-refractivity contribution in [1.82, 2.24) is 14.7 Å². The van der Waals surface area contributed by atoms with Crippen LogP contribution in [0.2, 0.25) is 0 Å². The summed E-state index contributed by atoms with van der Waals surface area (Å²) in [4.78, 5) is 41.5. The van der Waals surface area contributed by atoms with Crippen LogP contribution in [0.3, 0.4) is 0 Å². The standard InChI is InChI=1S/C19H28N4O3/c1-14-5-7-17(8-6-14)20-18(25)13-21(4)19(26)15(2)22-9-11-23(12-10-22)16(3)24/h5-8,15H,9-13H2,1-4H3,(H,20,25)/t15-/m1/s1. The second-order valence-corrected chi connectivity index (χ2v) is 6.83. The largest absolute Gasteiger partial charge is 0.340 e. The molecular formula is C19H28N4O3. The van der Waals surface area contributed by atoms with Crippen molar-refractivity contribution in [2.45, 2.75) is 26.8 Å². The number of amides is 3. The van der Waals surface area contributed by atoms with Crippen molar-refractivity contribution in [2.24, 2.45) is 0 Å². The van der Waals surface area contributed by atoms with Crippen molar-refractivity contribution in [1.29, 1.82) is 0 Å². The van der Waals surface area contributed by atoms with Crippen LogP contribution < -0.4 is 5.32 Å². The maximum Gasteiger partial charge on any atom is 0.243 e. The third-order valence-electron chi connectivity index (χ3n) is 4.76. The molecule has 1 aromatic carbocycles. The van der Waals surface area contributed by atoms with Gasteiger partial charge >= 0.3 is 0 Å². The molecule has 0 unspecified atom stereocenters. The molecule has 1 saturated heterocycles. The molecule has 3 amide bonds. The molecule has 26 heavy (non-hydrogen) atoms. The van der Waals surface area contributed by atoms with Gasteiger partial charge in [-0.3, -0.25) is 19.3 Å². The lowest BCUT2D eigenvalue weighted by Crippen LogP contribution is -2.55. The number of hydrogen-bond donors (Lipinski definition) is 1. The van der Waals surface area contributed by atoms with E-state index in [2.05, 4.69) is 10.2 Å². The molecule has 0 aromatic heterocycles. The first-order valence-electron chi connectivity index (χ1n) is 8.89. The van der Waals surface area contributed by atoms with Crippen LogP contribution in [0.5, 0.6) is 0 Å². The van der Waals surface area contributed by atoms with Gasteiger partial charge in [0.1, 0.15) is 0 Å². The normalized spacial score (nSPS) is 16.1. The Morgan fingerprint density at radius 1 is 1.12 bits per heavy atom. The number of carbonyl (C=O) groups excluding carboxylic acids is 3. The van der Waals surface area contributed by atoms with E-state index in [0.717, 1.165) is 11.3 Å². The fourth-order valence-electron chi connectivity index (χ4n) is 3.03. The summed E-state index contributed by atoms with van der Waals surface area (Å²) in [6.45, 7) is 7.98. The van der Waals surface area contributed by atoms with E-state index >= 15 is 0 Å². The summed E-state index contributed by atoms with van der Waals surface area (Å²) >= 11 is 0. The predicted molar refractivity (Wildman–Crippen MR) is 101 cm³/mol. The molecule has 7 nitrogen and oxygen atoms in total. The Labute approximate surface area is 154 Å². The molecule has 0 spiro atoms. The van der Waals surface area contributed by atoms with E-state index in [9.17, 15) is 14.4 Å². The molecule has 1 aliphatic rings. The molecule has 1 aromatic rings. The van der Waals surface area contributed by atoms with Crippen LogP contribution in [0.25, 0.3) is 0 Å². The summed E-state index contributed by atoms with van der Waals surface area (Å²) in [5.41, 5.74) is 1.84. The fourth-order valence-corrected chi connectivity index (χ4v) is 3.03. The number of carbonyl (C=O) groups is 3. The molecule has 7 heteroatoms. The number of likely N-dealkylation sites (N-methyl/N-ethyl adjacent to an activating group) is 1. The lowest BCUT2D eigenvalue weighted by molar-refractivity contribution is -0.139. The number of piperazine rings is 1. The minimum atomic E-state index is -0.318. The van der Waals surface area contributed by atoms with Gasteiger partial charge in [-0.1, -0.05) is 17.7 Å². The Kier molecular flexibility index (Phi) is 6.74. The Bertz CT molecular complexity index is 651. The molecule has 1 fully saturated rings. The topological polar surface area (TPSA) is 73.0 Å². The van der Waals surface area contributed by atoms with Gasteiger partial charge in [-0.2, -0.15) is 0 Å². The van der Waals surface area contributed by atoms with Crippen molar-refractivity contribution in [3.8, 4) is 0 Å². The first-order valence-corrected chi connectivity index (χ1v) is 8.89. The molecule has 0 radical (unpaired) electrons. The number of hydrogen-bond acceptors (Lipinski definition) is 4. The van der Waals surface area contributed by atoms with Gasteiger partial charge in [0.25, 0.3) is 0 Å². The summed E-state index contributed by atoms with van der Waals surface area (Å²) in [6.07, 6.45) is 0. The smallest absolute Gasteiger partial charge is 0.243 e. The van der Waals surface area contributed by atoms with E-state index < -0.39 is 0 Å². The van der Waals surface area contributed by atoms with Crippen LogP contribution in [0.15, 0.2) is 24.3 Å². The number of benzene rings is 1. The van der Waals surface area contributed by atoms with Gasteiger partial charge in [0.2, 0.25) is 17.7 Å². The SMILES string of the molecule is CC(=O)N1CCN([C@H](C)C(=O)N(C)CC(=O)Nc2ccc(C)cc2)CC1. The summed E-state index contributed by atoms with van der Waals surface area (Å²) < 4.78 is 0. The molecule has 2 rings (SSSR count). The number of nitrogens with zero attached hydrogens (tertiary/aromatic N) is 3. The number of aryl methyl sites for hydroxylation is 1. The Hall–Kier alpha value is -2.41. The molecule has 1 N–H and O–H groups in total. The zero-order chi connectivity index (χ0) is 19.3. The Morgan fingerprint density at radius 3 is 2.23 bits per heavy atom. The van der Waals surface area contributed by atoms with Crippen LogP contribution in [0.1, 0.15) is 19.4 Å². The van der Waals surface area contributed by atoms with E-state index in [-0.39, 0.29) is 30.3 Å². The van der Waals surface area contributed by atoms with E-state index in [1.165, 1.54) is 4.90 Å². The maximum atomic E-state index is 12.6. The van der Waals surface area contributed by atoms with Crippen LogP contribution >= 0.6 is 0 Å². The van der Waals surface area contributed by atoms with Crippen molar-refractivity contribution in [3.05, 3.63) is 29.8 Å². The first-order chi connectivity index (χ1) is 12.3. The third-order valence-corrected chi connectivity index (χ3v) is 4.76. The van der Waals surface area contributed by atoms with E-state index in [1.54, 1.807) is 18.9 Å². The van der Waals surface area contributed by atoms with Gasteiger partial charge in [0.15, 0.2) is 0 Å². The zero-order valence-corrected chi connectivity index (χ0v) is 16.0. The molecule has 1 aliphatic heterocycles. The van der Waals surface area contributed by atoms with Crippen LogP contribution in [0, 0.1) is 6.92 Å². The second kappa shape index (κ2) is 8.80. The highest BCUT2D eigenvalue weighted by Gasteiger charge is 2.28. The first kappa shape index (κ1) is 19.9. The van der Waals surface area contributed by atoms with Gasteiger partial charge in [0.05, 0.1) is 12.6 Å². The van der Waals surface area contributed by atoms with Crippen LogP contribution in [0.4, 0.5) is 5.69 Å². The summed E-state index contributed by atoms with van der Waals surface area (Å²) in [5.74, 6) is -0.257. The number of rotatable bonds is 5. The fraction of sp³-hybridized carbons (Fsp3) is 0.526. The molecule has 1 atom stereocenters. The van der Waals surface area contributed by atoms with Crippen molar-refractivity contribution < 1.29 is 14.4 Å². The highest BCUT2D eigenvalue weighted by atomic mass is 16.2. The third kappa shape index (κ3) is 5.29. The lowest BCUT2D eigenvalue weighted by atomic mass is 10.2. The molecule has 1 heterocycles. The second-order valence-electron chi connectivity index (χ2n) is 6.83. The summed E-state index contributed by atoms with van der Waals surface area (Å²) in [6, 6.07) is 7.21. The molecule has 0 saturated carbocycles. The molecule has 0 bridgehead atoms. The Morgan fingerprint density at radius 2 is 1.69 bits per heavy atom. The highest BCUT2D eigenvalue weighted by Crippen LogP contribution is 2.10. The van der Waals surface area contributed by atoms with Gasteiger partial charge in [-0.15, -0.1) is 0 Å². The van der Waals surface area contributed by atoms with Gasteiger partial charge < -0.3 is 15.1 Å². The quantitative estimate of drug-likeness (QED) is 0.848. The van der Waals surface area contributed by atoms with Gasteiger partial charge in [-0.25, -0.2) is 0 Å². The van der Waals surface area contributed by atoms with E-state index in [4.69, 9.17) is 0 Å². The van der Waals surface area contributed by atoms with Crippen molar-refractivity contribution in [3.63, 3.8) is 0 Å². The van der Waals surface area contributed by atoms with Crippen LogP contribution in [-0.4, -0.2) is 78.2 Å². The van der Waals surface area contributed by atoms with Gasteiger partial charge in [-0.05, 0) is 26.0 Å². The minimum Gasteiger partial charge on any atom is -0.340 e. The zero-order valence-electron chi connectivity index (χ0n) is 16.0. The molecule has 0 aliphatic carbocycles. The van der Waals surface area contributed by atoms with Crippen molar-refractivity contribution >= 4 is 23.4 Å². The van der Waals surface area contributed by atoms with E-state index in [0.29, 0.717) is 26.2 Å². The average molecular weight is 360 g/mol. The monoisotopic (exact) mass is 360 g/mol. The predicted octanol–water partition coefficient (Wildman–Crippen LogP) is 0.945. The minimum absolute atomic E-state index is 0.00443. The van der Waals surface area contributed by atoms with Crippen molar-refractivity contribution in [2.75, 3.05) is 45.1 Å². The molecule has 142 valence electrons. The summed E-state index contributed by atoms with van der Waals surface area (Å²) in [7, 11) is 1.64. The van der Waals surface area contributed by atoms with Crippen LogP contribution in [-0.2, 0) is 14.4 Å². The number of anilines is 1. The number of nitrogens with one attached hydrogen (secondary N) is 1. The highest BCUT2D eigenvalue weighted by molar-refractivity contribution is 5.95. The Balaban J connectivity index is 1.83. The maximum absolute atomic E-state index is 12.6. The average Bonchev–Trinajstić information content (AvgIpc) is 2.62.